The summed E-state index contributed by atoms with van der Waals surface area (Å²) in [4.78, 5) is 2.37. The van der Waals surface area contributed by atoms with E-state index >= 15 is 0 Å². The molecule has 2 nitrogen and oxygen atoms in total. The molecule has 0 N–H and O–H groups in total. The highest BCUT2D eigenvalue weighted by Gasteiger charge is 2.18. The lowest BCUT2D eigenvalue weighted by Crippen LogP contribution is -2.10. The van der Waals surface area contributed by atoms with E-state index in [2.05, 4.69) is 241 Å². The lowest BCUT2D eigenvalue weighted by molar-refractivity contribution is 0.669. The average molecular weight is 840 g/mol. The lowest BCUT2D eigenvalue weighted by Gasteiger charge is -2.26. The first kappa shape index (κ1) is 37.8. The summed E-state index contributed by atoms with van der Waals surface area (Å²) in [5.74, 6) is 0. The van der Waals surface area contributed by atoms with Gasteiger partial charge in [-0.05, 0) is 136 Å². The van der Waals surface area contributed by atoms with E-state index in [0.717, 1.165) is 50.1 Å². The van der Waals surface area contributed by atoms with E-state index in [4.69, 9.17) is 4.42 Å². The van der Waals surface area contributed by atoms with E-state index in [1.165, 1.54) is 76.5 Å². The lowest BCUT2D eigenvalue weighted by atomic mass is 9.93. The number of fused-ring (bicyclic) bond motifs is 9. The number of hydrogen-bond donors (Lipinski definition) is 0. The Labute approximate surface area is 382 Å². The summed E-state index contributed by atoms with van der Waals surface area (Å²) >= 11 is 0. The molecule has 0 fully saturated rings. The number of rotatable bonds is 7. The van der Waals surface area contributed by atoms with Crippen LogP contribution in [0.3, 0.4) is 0 Å². The highest BCUT2D eigenvalue weighted by Crippen LogP contribution is 2.43. The largest absolute Gasteiger partial charge is 0.456 e. The van der Waals surface area contributed by atoms with Gasteiger partial charge in [-0.15, -0.1) is 0 Å². The number of para-hydroxylation sites is 1. The third kappa shape index (κ3) is 6.34. The van der Waals surface area contributed by atoms with Crippen LogP contribution in [0.5, 0.6) is 0 Å². The van der Waals surface area contributed by atoms with Gasteiger partial charge in [0.2, 0.25) is 0 Å². The minimum absolute atomic E-state index is 0.891. The molecule has 1 heterocycles. The van der Waals surface area contributed by atoms with Crippen molar-refractivity contribution in [3.8, 4) is 44.5 Å². The van der Waals surface area contributed by atoms with Crippen molar-refractivity contribution in [3.05, 3.63) is 249 Å². The van der Waals surface area contributed by atoms with Crippen molar-refractivity contribution in [2.75, 3.05) is 4.90 Å². The quantitative estimate of drug-likeness (QED) is 0.149. The Morgan fingerprint density at radius 3 is 1.32 bits per heavy atom. The molecule has 13 rings (SSSR count). The van der Waals surface area contributed by atoms with Gasteiger partial charge in [0.15, 0.2) is 0 Å². The summed E-state index contributed by atoms with van der Waals surface area (Å²) in [7, 11) is 0. The van der Waals surface area contributed by atoms with Crippen LogP contribution in [0.2, 0.25) is 0 Å². The first-order chi connectivity index (χ1) is 32.7. The summed E-state index contributed by atoms with van der Waals surface area (Å²) in [5.41, 5.74) is 14.5. The molecule has 2 heteroatoms. The third-order valence-electron chi connectivity index (χ3n) is 13.5. The van der Waals surface area contributed by atoms with Crippen LogP contribution >= 0.6 is 0 Å². The van der Waals surface area contributed by atoms with Gasteiger partial charge in [0.1, 0.15) is 11.2 Å². The standard InChI is InChI=1S/C64H41NO/c1-3-15-52-44(11-1)33-39-59-54(18-8-21-57(52)59)46-27-25-42(26-28-46)43-29-35-49(36-30-43)65(51-14-7-13-48(41-51)56-20-10-24-63-64(56)61-17-5-6-23-62(61)66-63)50-37-31-47(32-38-50)55-19-9-22-58-53-16-4-2-12-45(53)34-40-60(55)58/h1-41H. The number of nitrogens with zero attached hydrogens (tertiary/aromatic N) is 1. The SMILES string of the molecule is c1cc(-c2cccc3oc4ccccc4c23)cc(N(c2ccc(-c3ccc(-c4cccc5c4ccc4ccccc45)cc3)cc2)c2ccc(-c3cccc4c3ccc3ccccc34)cc2)c1. The van der Waals surface area contributed by atoms with E-state index in [0.29, 0.717) is 0 Å². The number of hydrogen-bond acceptors (Lipinski definition) is 2. The molecular weight excluding hydrogens is 799 g/mol. The Morgan fingerprint density at radius 1 is 0.242 bits per heavy atom. The molecule has 13 aromatic rings. The van der Waals surface area contributed by atoms with Crippen molar-refractivity contribution in [3.63, 3.8) is 0 Å². The van der Waals surface area contributed by atoms with Gasteiger partial charge in [0, 0.05) is 27.8 Å². The molecule has 0 aliphatic carbocycles. The molecule has 0 radical (unpaired) electrons. The van der Waals surface area contributed by atoms with Crippen molar-refractivity contribution in [1.29, 1.82) is 0 Å². The third-order valence-corrected chi connectivity index (χ3v) is 13.5. The van der Waals surface area contributed by atoms with Crippen LogP contribution in [0.25, 0.3) is 110 Å². The van der Waals surface area contributed by atoms with Crippen LogP contribution in [0.4, 0.5) is 17.1 Å². The Kier molecular flexibility index (Phi) is 8.89. The van der Waals surface area contributed by atoms with Gasteiger partial charge in [-0.1, -0.05) is 200 Å². The molecule has 0 bridgehead atoms. The van der Waals surface area contributed by atoms with E-state index < -0.39 is 0 Å². The summed E-state index contributed by atoms with van der Waals surface area (Å²) in [6, 6.07) is 90.2. The Hall–Kier alpha value is -8.72. The Balaban J connectivity index is 0.887. The molecule has 0 amide bonds. The minimum Gasteiger partial charge on any atom is -0.456 e. The molecule has 0 atom stereocenters. The maximum Gasteiger partial charge on any atom is 0.136 e. The fourth-order valence-electron chi connectivity index (χ4n) is 10.3. The monoisotopic (exact) mass is 839 g/mol. The molecule has 0 saturated heterocycles. The second-order valence-corrected chi connectivity index (χ2v) is 17.2. The molecule has 0 unspecified atom stereocenters. The van der Waals surface area contributed by atoms with Crippen LogP contribution in [0.15, 0.2) is 253 Å². The topological polar surface area (TPSA) is 16.4 Å². The first-order valence-corrected chi connectivity index (χ1v) is 22.7. The summed E-state index contributed by atoms with van der Waals surface area (Å²) < 4.78 is 6.32. The zero-order chi connectivity index (χ0) is 43.6. The van der Waals surface area contributed by atoms with Gasteiger partial charge < -0.3 is 9.32 Å². The van der Waals surface area contributed by atoms with Crippen LogP contribution in [0.1, 0.15) is 0 Å². The molecule has 308 valence electrons. The maximum atomic E-state index is 6.32. The predicted octanol–water partition coefficient (Wildman–Crippen LogP) is 18.3. The number of anilines is 3. The van der Waals surface area contributed by atoms with Crippen LogP contribution in [-0.2, 0) is 0 Å². The highest BCUT2D eigenvalue weighted by molar-refractivity contribution is 6.14. The molecule has 0 saturated carbocycles. The average Bonchev–Trinajstić information content (AvgIpc) is 3.78. The summed E-state index contributed by atoms with van der Waals surface area (Å²) in [6.45, 7) is 0. The second kappa shape index (κ2) is 15.5. The number of benzene rings is 12. The molecule has 1 aromatic heterocycles. The molecule has 0 aliphatic heterocycles. The zero-order valence-corrected chi connectivity index (χ0v) is 36.0. The fraction of sp³-hybridized carbons (Fsp3) is 0. The summed E-state index contributed by atoms with van der Waals surface area (Å²) in [5, 5.41) is 12.4. The molecule has 0 spiro atoms. The number of furan rings is 1. The minimum atomic E-state index is 0.891. The van der Waals surface area contributed by atoms with E-state index in [1.807, 2.05) is 12.1 Å². The zero-order valence-electron chi connectivity index (χ0n) is 36.0. The normalized spacial score (nSPS) is 11.6. The van der Waals surface area contributed by atoms with Crippen molar-refractivity contribution in [2.45, 2.75) is 0 Å². The van der Waals surface area contributed by atoms with Crippen molar-refractivity contribution in [2.24, 2.45) is 0 Å². The van der Waals surface area contributed by atoms with E-state index in [9.17, 15) is 0 Å². The van der Waals surface area contributed by atoms with Crippen LogP contribution in [0, 0.1) is 0 Å². The fourth-order valence-corrected chi connectivity index (χ4v) is 10.3. The molecule has 12 aromatic carbocycles. The van der Waals surface area contributed by atoms with Gasteiger partial charge in [-0.25, -0.2) is 0 Å². The predicted molar refractivity (Wildman–Crippen MR) is 280 cm³/mol. The summed E-state index contributed by atoms with van der Waals surface area (Å²) in [6.07, 6.45) is 0. The van der Waals surface area contributed by atoms with Gasteiger partial charge in [-0.2, -0.15) is 0 Å². The maximum absolute atomic E-state index is 6.32. The first-order valence-electron chi connectivity index (χ1n) is 22.7. The molecule has 0 aliphatic rings. The van der Waals surface area contributed by atoms with Crippen LogP contribution in [-0.4, -0.2) is 0 Å². The van der Waals surface area contributed by atoms with Crippen molar-refractivity contribution < 1.29 is 4.42 Å². The van der Waals surface area contributed by atoms with Crippen molar-refractivity contribution in [1.82, 2.24) is 0 Å². The van der Waals surface area contributed by atoms with Crippen molar-refractivity contribution >= 4 is 82.1 Å². The van der Waals surface area contributed by atoms with E-state index in [-0.39, 0.29) is 0 Å². The highest BCUT2D eigenvalue weighted by atomic mass is 16.3. The second-order valence-electron chi connectivity index (χ2n) is 17.2. The van der Waals surface area contributed by atoms with Gasteiger partial charge in [-0.3, -0.25) is 0 Å². The Bertz CT molecular complexity index is 3970. The van der Waals surface area contributed by atoms with Gasteiger partial charge in [0.05, 0.1) is 0 Å². The van der Waals surface area contributed by atoms with E-state index in [1.54, 1.807) is 0 Å². The Morgan fingerprint density at radius 2 is 0.697 bits per heavy atom. The van der Waals surface area contributed by atoms with Crippen LogP contribution < -0.4 is 4.90 Å². The van der Waals surface area contributed by atoms with Gasteiger partial charge in [0.25, 0.3) is 0 Å². The molecule has 66 heavy (non-hydrogen) atoms. The van der Waals surface area contributed by atoms with Gasteiger partial charge >= 0.3 is 0 Å². The molecular formula is C64H41NO. The smallest absolute Gasteiger partial charge is 0.136 e.